The first-order valence-electron chi connectivity index (χ1n) is 8.75. The Labute approximate surface area is 140 Å². The maximum atomic E-state index is 11.5. The van der Waals surface area contributed by atoms with Crippen LogP contribution in [-0.2, 0) is 14.3 Å². The van der Waals surface area contributed by atoms with Crippen molar-refractivity contribution in [3.05, 3.63) is 0 Å². The van der Waals surface area contributed by atoms with Gasteiger partial charge in [-0.2, -0.15) is 0 Å². The smallest absolute Gasteiger partial charge is 0.317 e. The van der Waals surface area contributed by atoms with Crippen LogP contribution < -0.4 is 0 Å². The second-order valence-corrected chi connectivity index (χ2v) is 7.77. The maximum absolute atomic E-state index is 11.5. The van der Waals surface area contributed by atoms with Gasteiger partial charge < -0.3 is 4.74 Å². The minimum absolute atomic E-state index is 0.0170. The van der Waals surface area contributed by atoms with E-state index >= 15 is 0 Å². The Morgan fingerprint density at radius 1 is 1.18 bits per heavy atom. The lowest BCUT2D eigenvalue weighted by Gasteiger charge is -2.30. The standard InChI is InChI=1S/C18H31ClO3/c1-4-5-6-7-8-9-10-15(19)18(2,3)12-11-14-13-16(20)22-17(14)21/h14-15H,4-13H2,1-3H3. The number of hydrogen-bond acceptors (Lipinski definition) is 3. The molecule has 22 heavy (non-hydrogen) atoms. The third kappa shape index (κ3) is 6.68. The van der Waals surface area contributed by atoms with E-state index in [1.165, 1.54) is 38.5 Å². The van der Waals surface area contributed by atoms with Gasteiger partial charge in [0.25, 0.3) is 0 Å². The molecule has 0 amide bonds. The zero-order valence-electron chi connectivity index (χ0n) is 14.3. The molecule has 128 valence electrons. The van der Waals surface area contributed by atoms with Crippen molar-refractivity contribution >= 4 is 23.5 Å². The number of alkyl halides is 1. The van der Waals surface area contributed by atoms with Crippen molar-refractivity contribution in [3.8, 4) is 0 Å². The van der Waals surface area contributed by atoms with Crippen molar-refractivity contribution in [2.45, 2.75) is 90.4 Å². The summed E-state index contributed by atoms with van der Waals surface area (Å²) in [5.74, 6) is -1.00. The number of hydrogen-bond donors (Lipinski definition) is 0. The number of esters is 2. The molecule has 0 radical (unpaired) electrons. The maximum Gasteiger partial charge on any atom is 0.317 e. The Bertz CT molecular complexity index is 365. The number of carbonyl (C=O) groups excluding carboxylic acids is 2. The molecule has 0 saturated carbocycles. The third-order valence-corrected chi connectivity index (χ3v) is 5.57. The average molecular weight is 331 g/mol. The molecular weight excluding hydrogens is 300 g/mol. The molecule has 1 aliphatic heterocycles. The van der Waals surface area contributed by atoms with Gasteiger partial charge in [-0.25, -0.2) is 0 Å². The van der Waals surface area contributed by atoms with Gasteiger partial charge in [-0.05, 0) is 24.7 Å². The van der Waals surface area contributed by atoms with Crippen LogP contribution >= 0.6 is 11.6 Å². The first-order chi connectivity index (χ1) is 10.4. The summed E-state index contributed by atoms with van der Waals surface area (Å²) in [6.45, 7) is 6.54. The van der Waals surface area contributed by atoms with Gasteiger partial charge in [0, 0.05) is 5.38 Å². The molecule has 0 aromatic rings. The van der Waals surface area contributed by atoms with Gasteiger partial charge in [0.2, 0.25) is 0 Å². The zero-order chi connectivity index (χ0) is 16.6. The van der Waals surface area contributed by atoms with Crippen molar-refractivity contribution in [3.63, 3.8) is 0 Å². The van der Waals surface area contributed by atoms with Crippen LogP contribution in [0.3, 0.4) is 0 Å². The molecule has 0 aromatic heterocycles. The van der Waals surface area contributed by atoms with Crippen LogP contribution in [0.2, 0.25) is 0 Å². The first kappa shape index (κ1) is 19.5. The van der Waals surface area contributed by atoms with Crippen LogP contribution in [0.1, 0.15) is 85.0 Å². The molecule has 0 aliphatic carbocycles. The Balaban J connectivity index is 2.23. The number of carbonyl (C=O) groups is 2. The van der Waals surface area contributed by atoms with Crippen molar-refractivity contribution in [2.24, 2.45) is 11.3 Å². The summed E-state index contributed by atoms with van der Waals surface area (Å²) in [5, 5.41) is 0.117. The summed E-state index contributed by atoms with van der Waals surface area (Å²) in [4.78, 5) is 22.6. The Hall–Kier alpha value is -0.570. The highest BCUT2D eigenvalue weighted by atomic mass is 35.5. The number of halogens is 1. The molecule has 2 unspecified atom stereocenters. The van der Waals surface area contributed by atoms with Gasteiger partial charge in [-0.3, -0.25) is 9.59 Å². The van der Waals surface area contributed by atoms with E-state index in [9.17, 15) is 9.59 Å². The summed E-state index contributed by atoms with van der Waals surface area (Å²) in [6.07, 6.45) is 10.4. The van der Waals surface area contributed by atoms with Crippen LogP contribution in [-0.4, -0.2) is 17.3 Å². The highest BCUT2D eigenvalue weighted by molar-refractivity contribution is 6.21. The molecule has 1 rings (SSSR count). The second kappa shape index (κ2) is 9.54. The highest BCUT2D eigenvalue weighted by Crippen LogP contribution is 2.36. The molecule has 1 aliphatic rings. The van der Waals surface area contributed by atoms with E-state index < -0.39 is 0 Å². The molecular formula is C18H31ClO3. The van der Waals surface area contributed by atoms with Gasteiger partial charge in [0.15, 0.2) is 0 Å². The SMILES string of the molecule is CCCCCCCCC(Cl)C(C)(C)CCC1CC(=O)OC1=O. The number of ether oxygens (including phenoxy) is 1. The molecule has 3 nitrogen and oxygen atoms in total. The summed E-state index contributed by atoms with van der Waals surface area (Å²) in [6, 6.07) is 0. The number of rotatable bonds is 11. The minimum Gasteiger partial charge on any atom is -0.393 e. The van der Waals surface area contributed by atoms with E-state index in [1.807, 2.05) is 0 Å². The molecule has 1 fully saturated rings. The van der Waals surface area contributed by atoms with Gasteiger partial charge in [0.1, 0.15) is 0 Å². The quantitative estimate of drug-likeness (QED) is 0.225. The van der Waals surface area contributed by atoms with E-state index in [0.717, 1.165) is 12.8 Å². The van der Waals surface area contributed by atoms with E-state index in [1.54, 1.807) is 0 Å². The number of unbranched alkanes of at least 4 members (excludes halogenated alkanes) is 5. The Morgan fingerprint density at radius 3 is 2.41 bits per heavy atom. The van der Waals surface area contributed by atoms with Gasteiger partial charge >= 0.3 is 11.9 Å². The van der Waals surface area contributed by atoms with Gasteiger partial charge in [-0.15, -0.1) is 11.6 Å². The lowest BCUT2D eigenvalue weighted by molar-refractivity contribution is -0.153. The highest BCUT2D eigenvalue weighted by Gasteiger charge is 2.36. The third-order valence-electron chi connectivity index (χ3n) is 4.76. The molecule has 0 spiro atoms. The summed E-state index contributed by atoms with van der Waals surface area (Å²) < 4.78 is 4.60. The summed E-state index contributed by atoms with van der Waals surface area (Å²) >= 11 is 6.58. The average Bonchev–Trinajstić information content (AvgIpc) is 2.78. The molecule has 2 atom stereocenters. The molecule has 1 saturated heterocycles. The van der Waals surface area contributed by atoms with E-state index in [0.29, 0.717) is 6.42 Å². The molecule has 0 bridgehead atoms. The molecule has 1 heterocycles. The minimum atomic E-state index is -0.387. The second-order valence-electron chi connectivity index (χ2n) is 7.25. The van der Waals surface area contributed by atoms with Crippen molar-refractivity contribution < 1.29 is 14.3 Å². The first-order valence-corrected chi connectivity index (χ1v) is 9.19. The normalized spacial score (nSPS) is 20.3. The van der Waals surface area contributed by atoms with E-state index in [2.05, 4.69) is 25.5 Å². The van der Waals surface area contributed by atoms with Crippen LogP contribution in [0.4, 0.5) is 0 Å². The lowest BCUT2D eigenvalue weighted by atomic mass is 9.79. The predicted octanol–water partition coefficient (Wildman–Crippen LogP) is 5.24. The monoisotopic (exact) mass is 330 g/mol. The van der Waals surface area contributed by atoms with Crippen LogP contribution in [0.25, 0.3) is 0 Å². The van der Waals surface area contributed by atoms with Crippen LogP contribution in [0.15, 0.2) is 0 Å². The topological polar surface area (TPSA) is 43.4 Å². The van der Waals surface area contributed by atoms with Gasteiger partial charge in [0.05, 0.1) is 12.3 Å². The summed E-state index contributed by atoms with van der Waals surface area (Å²) in [5.41, 5.74) is -0.0170. The predicted molar refractivity (Wildman–Crippen MR) is 89.9 cm³/mol. The zero-order valence-corrected chi connectivity index (χ0v) is 15.1. The largest absolute Gasteiger partial charge is 0.393 e. The fourth-order valence-electron chi connectivity index (χ4n) is 2.94. The van der Waals surface area contributed by atoms with Gasteiger partial charge in [-0.1, -0.05) is 59.3 Å². The Morgan fingerprint density at radius 2 is 1.82 bits per heavy atom. The molecule has 4 heteroatoms. The van der Waals surface area contributed by atoms with Crippen LogP contribution in [0, 0.1) is 11.3 Å². The molecule has 0 aromatic carbocycles. The summed E-state index contributed by atoms with van der Waals surface area (Å²) in [7, 11) is 0. The van der Waals surface area contributed by atoms with E-state index in [-0.39, 0.29) is 35.1 Å². The number of cyclic esters (lactones) is 2. The lowest BCUT2D eigenvalue weighted by Crippen LogP contribution is -2.26. The molecule has 0 N–H and O–H groups in total. The fraction of sp³-hybridized carbons (Fsp3) is 0.889. The van der Waals surface area contributed by atoms with Crippen molar-refractivity contribution in [1.29, 1.82) is 0 Å². The van der Waals surface area contributed by atoms with Crippen molar-refractivity contribution in [1.82, 2.24) is 0 Å². The van der Waals surface area contributed by atoms with E-state index in [4.69, 9.17) is 11.6 Å². The fourth-order valence-corrected chi connectivity index (χ4v) is 3.20. The Kier molecular flexibility index (Phi) is 8.45. The van der Waals surface area contributed by atoms with Crippen LogP contribution in [0.5, 0.6) is 0 Å². The van der Waals surface area contributed by atoms with Crippen molar-refractivity contribution in [2.75, 3.05) is 0 Å².